The van der Waals surface area contributed by atoms with Gasteiger partial charge < -0.3 is 5.32 Å². The molecule has 5 heteroatoms. The van der Waals surface area contributed by atoms with Crippen molar-refractivity contribution in [2.24, 2.45) is 0 Å². The molecule has 5 nitrogen and oxygen atoms in total. The third kappa shape index (κ3) is 3.54. The molecule has 0 aromatic carbocycles. The maximum atomic E-state index is 12.0. The van der Waals surface area contributed by atoms with Crippen LogP contribution in [0.25, 0.3) is 0 Å². The lowest BCUT2D eigenvalue weighted by Gasteiger charge is -2.06. The van der Waals surface area contributed by atoms with E-state index in [1.165, 1.54) is 0 Å². The third-order valence-corrected chi connectivity index (χ3v) is 3.01. The Hall–Kier alpha value is -1.88. The van der Waals surface area contributed by atoms with Gasteiger partial charge in [-0.2, -0.15) is 0 Å². The maximum Gasteiger partial charge on any atom is 0.328 e. The Labute approximate surface area is 112 Å². The van der Waals surface area contributed by atoms with Crippen LogP contribution in [0.1, 0.15) is 25.5 Å². The summed E-state index contributed by atoms with van der Waals surface area (Å²) in [6.45, 7) is 6.22. The highest BCUT2D eigenvalue weighted by Crippen LogP contribution is 1.99. The van der Waals surface area contributed by atoms with Crippen molar-refractivity contribution in [3.8, 4) is 0 Å². The highest BCUT2D eigenvalue weighted by molar-refractivity contribution is 5.07. The number of hydrogen-bond donors (Lipinski definition) is 1. The minimum absolute atomic E-state index is 0.0539. The summed E-state index contributed by atoms with van der Waals surface area (Å²) < 4.78 is 3.47. The lowest BCUT2D eigenvalue weighted by Crippen LogP contribution is -2.29. The van der Waals surface area contributed by atoms with Crippen LogP contribution in [0.5, 0.6) is 0 Å². The summed E-state index contributed by atoms with van der Waals surface area (Å²) >= 11 is 0. The lowest BCUT2D eigenvalue weighted by atomic mass is 10.3. The van der Waals surface area contributed by atoms with Gasteiger partial charge in [-0.1, -0.05) is 6.07 Å². The van der Waals surface area contributed by atoms with Crippen molar-refractivity contribution in [2.75, 3.05) is 6.54 Å². The topological polar surface area (TPSA) is 51.9 Å². The van der Waals surface area contributed by atoms with Crippen LogP contribution in [0.2, 0.25) is 0 Å². The Morgan fingerprint density at radius 2 is 2.21 bits per heavy atom. The van der Waals surface area contributed by atoms with Gasteiger partial charge in [-0.25, -0.2) is 4.79 Å². The van der Waals surface area contributed by atoms with Crippen LogP contribution in [0.4, 0.5) is 0 Å². The van der Waals surface area contributed by atoms with Crippen LogP contribution in [0.15, 0.2) is 41.7 Å². The number of hydrogen-bond acceptors (Lipinski definition) is 3. The smallest absolute Gasteiger partial charge is 0.311 e. The molecule has 0 aliphatic rings. The maximum absolute atomic E-state index is 12.0. The zero-order valence-corrected chi connectivity index (χ0v) is 11.4. The zero-order valence-electron chi connectivity index (χ0n) is 11.4. The summed E-state index contributed by atoms with van der Waals surface area (Å²) in [5, 5.41) is 3.31. The van der Waals surface area contributed by atoms with Crippen LogP contribution < -0.4 is 11.0 Å². The van der Waals surface area contributed by atoms with E-state index in [1.54, 1.807) is 15.3 Å². The van der Waals surface area contributed by atoms with Crippen molar-refractivity contribution in [1.82, 2.24) is 19.4 Å². The van der Waals surface area contributed by atoms with E-state index in [1.807, 2.05) is 44.6 Å². The Balaban J connectivity index is 1.82. The van der Waals surface area contributed by atoms with Crippen LogP contribution in [-0.4, -0.2) is 20.7 Å². The summed E-state index contributed by atoms with van der Waals surface area (Å²) in [5.74, 6) is 0. The summed E-state index contributed by atoms with van der Waals surface area (Å²) in [7, 11) is 0. The van der Waals surface area contributed by atoms with E-state index in [4.69, 9.17) is 0 Å². The number of aromatic nitrogens is 3. The Kier molecular flexibility index (Phi) is 4.52. The van der Waals surface area contributed by atoms with Gasteiger partial charge in [-0.15, -0.1) is 0 Å². The van der Waals surface area contributed by atoms with Crippen molar-refractivity contribution >= 4 is 0 Å². The van der Waals surface area contributed by atoms with E-state index in [0.717, 1.165) is 18.7 Å². The number of pyridine rings is 1. The van der Waals surface area contributed by atoms with Crippen molar-refractivity contribution < 1.29 is 0 Å². The zero-order chi connectivity index (χ0) is 13.7. The molecule has 0 amide bonds. The summed E-state index contributed by atoms with van der Waals surface area (Å²) in [5.41, 5.74) is 1.20. The Morgan fingerprint density at radius 3 is 2.84 bits per heavy atom. The molecule has 2 aromatic rings. The quantitative estimate of drug-likeness (QED) is 0.799. The number of rotatable bonds is 6. The van der Waals surface area contributed by atoms with E-state index < -0.39 is 0 Å². The predicted octanol–water partition coefficient (Wildman–Crippen LogP) is 1.42. The summed E-state index contributed by atoms with van der Waals surface area (Å²) in [4.78, 5) is 16.0. The van der Waals surface area contributed by atoms with Gasteiger partial charge in [-0.3, -0.25) is 14.1 Å². The third-order valence-electron chi connectivity index (χ3n) is 3.01. The second-order valence-electron chi connectivity index (χ2n) is 4.81. The van der Waals surface area contributed by atoms with Gasteiger partial charge in [0, 0.05) is 50.5 Å². The largest absolute Gasteiger partial charge is 0.328 e. The van der Waals surface area contributed by atoms with Gasteiger partial charge in [0.05, 0.1) is 0 Å². The van der Waals surface area contributed by atoms with Crippen molar-refractivity contribution in [1.29, 1.82) is 0 Å². The molecule has 0 saturated heterocycles. The minimum atomic E-state index is 0.0539. The highest BCUT2D eigenvalue weighted by atomic mass is 16.1. The molecule has 0 radical (unpaired) electrons. The van der Waals surface area contributed by atoms with Gasteiger partial charge in [0.15, 0.2) is 0 Å². The van der Waals surface area contributed by atoms with Gasteiger partial charge in [0.1, 0.15) is 0 Å². The SMILES string of the molecule is CC(C)n1ccn(CCNCc2cccnc2)c1=O. The summed E-state index contributed by atoms with van der Waals surface area (Å²) in [6, 6.07) is 4.16. The molecule has 0 atom stereocenters. The van der Waals surface area contributed by atoms with Crippen molar-refractivity contribution in [3.05, 3.63) is 53.0 Å². The monoisotopic (exact) mass is 260 g/mol. The first-order valence-corrected chi connectivity index (χ1v) is 6.55. The minimum Gasteiger partial charge on any atom is -0.311 e. The van der Waals surface area contributed by atoms with Crippen LogP contribution in [-0.2, 0) is 13.1 Å². The fourth-order valence-corrected chi connectivity index (χ4v) is 1.93. The molecule has 2 rings (SSSR count). The van der Waals surface area contributed by atoms with E-state index in [2.05, 4.69) is 10.3 Å². The van der Waals surface area contributed by atoms with Crippen LogP contribution in [0, 0.1) is 0 Å². The lowest BCUT2D eigenvalue weighted by molar-refractivity contribution is 0.535. The molecule has 0 unspecified atom stereocenters. The summed E-state index contributed by atoms with van der Waals surface area (Å²) in [6.07, 6.45) is 7.29. The molecule has 1 N–H and O–H groups in total. The Bertz CT molecular complexity index is 556. The van der Waals surface area contributed by atoms with E-state index in [9.17, 15) is 4.79 Å². The first-order chi connectivity index (χ1) is 9.18. The molecule has 19 heavy (non-hydrogen) atoms. The number of imidazole rings is 1. The molecule has 0 spiro atoms. The normalized spacial score (nSPS) is 11.1. The molecule has 0 fully saturated rings. The van der Waals surface area contributed by atoms with E-state index in [0.29, 0.717) is 6.54 Å². The second kappa shape index (κ2) is 6.33. The molecule has 0 aliphatic heterocycles. The molecular weight excluding hydrogens is 240 g/mol. The average Bonchev–Trinajstić information content (AvgIpc) is 2.77. The molecule has 102 valence electrons. The molecule has 0 aliphatic carbocycles. The average molecular weight is 260 g/mol. The van der Waals surface area contributed by atoms with E-state index >= 15 is 0 Å². The van der Waals surface area contributed by atoms with E-state index in [-0.39, 0.29) is 11.7 Å². The standard InChI is InChI=1S/C14H20N4O/c1-12(2)18-9-8-17(14(18)19)7-6-16-11-13-4-3-5-15-10-13/h3-5,8-10,12,16H,6-7,11H2,1-2H3. The fraction of sp³-hybridized carbons (Fsp3) is 0.429. The number of nitrogens with one attached hydrogen (secondary N) is 1. The molecule has 2 aromatic heterocycles. The van der Waals surface area contributed by atoms with Gasteiger partial charge >= 0.3 is 5.69 Å². The van der Waals surface area contributed by atoms with Crippen LogP contribution >= 0.6 is 0 Å². The van der Waals surface area contributed by atoms with Crippen molar-refractivity contribution in [3.63, 3.8) is 0 Å². The van der Waals surface area contributed by atoms with Gasteiger partial charge in [0.25, 0.3) is 0 Å². The fourth-order valence-electron chi connectivity index (χ4n) is 1.93. The molecule has 0 saturated carbocycles. The van der Waals surface area contributed by atoms with Gasteiger partial charge in [-0.05, 0) is 25.5 Å². The van der Waals surface area contributed by atoms with Crippen LogP contribution in [0.3, 0.4) is 0 Å². The molecular formula is C14H20N4O. The Morgan fingerprint density at radius 1 is 1.37 bits per heavy atom. The molecule has 0 bridgehead atoms. The second-order valence-corrected chi connectivity index (χ2v) is 4.81. The molecule has 2 heterocycles. The first-order valence-electron chi connectivity index (χ1n) is 6.55. The highest BCUT2D eigenvalue weighted by Gasteiger charge is 2.05. The number of nitrogens with zero attached hydrogens (tertiary/aromatic N) is 3. The van der Waals surface area contributed by atoms with Gasteiger partial charge in [0.2, 0.25) is 0 Å². The predicted molar refractivity (Wildman–Crippen MR) is 75.0 cm³/mol. The first kappa shape index (κ1) is 13.5. The van der Waals surface area contributed by atoms with Crippen molar-refractivity contribution in [2.45, 2.75) is 33.0 Å².